The minimum atomic E-state index is -0.521. The molecule has 0 radical (unpaired) electrons. The molecule has 0 aliphatic carbocycles. The van der Waals surface area contributed by atoms with E-state index in [2.05, 4.69) is 0 Å². The molecular formula is C11H20N2O2. The van der Waals surface area contributed by atoms with Gasteiger partial charge >= 0.3 is 0 Å². The molecule has 1 aliphatic rings. The fraction of sp³-hybridized carbons (Fsp3) is 0.818. The van der Waals surface area contributed by atoms with Crippen molar-refractivity contribution < 1.29 is 9.59 Å². The van der Waals surface area contributed by atoms with Crippen LogP contribution >= 0.6 is 0 Å². The van der Waals surface area contributed by atoms with Gasteiger partial charge in [-0.3, -0.25) is 14.5 Å². The molecule has 0 bridgehead atoms. The van der Waals surface area contributed by atoms with Crippen LogP contribution in [-0.2, 0) is 9.59 Å². The van der Waals surface area contributed by atoms with Crippen LogP contribution < -0.4 is 5.73 Å². The largest absolute Gasteiger partial charge is 0.324 e. The third kappa shape index (κ3) is 3.30. The van der Waals surface area contributed by atoms with E-state index in [4.69, 9.17) is 5.73 Å². The van der Waals surface area contributed by atoms with Crippen molar-refractivity contribution in [2.24, 2.45) is 11.1 Å². The van der Waals surface area contributed by atoms with Crippen molar-refractivity contribution in [3.05, 3.63) is 0 Å². The summed E-state index contributed by atoms with van der Waals surface area (Å²) in [6, 6.07) is 0. The lowest BCUT2D eigenvalue weighted by atomic mass is 9.81. The maximum absolute atomic E-state index is 11.7. The number of piperidine rings is 1. The second-order valence-electron chi connectivity index (χ2n) is 5.88. The lowest BCUT2D eigenvalue weighted by molar-refractivity contribution is -0.153. The van der Waals surface area contributed by atoms with E-state index < -0.39 is 5.54 Å². The Labute approximate surface area is 90.8 Å². The topological polar surface area (TPSA) is 63.4 Å². The zero-order valence-electron chi connectivity index (χ0n) is 9.96. The number of hydrogen-bond acceptors (Lipinski definition) is 3. The molecule has 0 atom stereocenters. The monoisotopic (exact) mass is 212 g/mol. The van der Waals surface area contributed by atoms with Crippen molar-refractivity contribution in [3.63, 3.8) is 0 Å². The molecule has 2 N–H and O–H groups in total. The van der Waals surface area contributed by atoms with Crippen molar-refractivity contribution in [1.29, 1.82) is 0 Å². The average Bonchev–Trinajstić information content (AvgIpc) is 1.93. The van der Waals surface area contributed by atoms with E-state index in [0.717, 1.165) is 0 Å². The van der Waals surface area contributed by atoms with E-state index in [-0.39, 0.29) is 17.2 Å². The van der Waals surface area contributed by atoms with E-state index in [9.17, 15) is 9.59 Å². The number of nitrogens with zero attached hydrogens (tertiary/aromatic N) is 1. The highest BCUT2D eigenvalue weighted by molar-refractivity contribution is 5.98. The molecule has 86 valence electrons. The van der Waals surface area contributed by atoms with Crippen molar-refractivity contribution >= 4 is 11.8 Å². The molecule has 4 heteroatoms. The maximum atomic E-state index is 11.7. The Balaban J connectivity index is 2.76. The number of rotatable bonds is 2. The summed E-state index contributed by atoms with van der Waals surface area (Å²) in [5, 5.41) is 0. The van der Waals surface area contributed by atoms with Gasteiger partial charge in [0.15, 0.2) is 0 Å². The van der Waals surface area contributed by atoms with E-state index >= 15 is 0 Å². The van der Waals surface area contributed by atoms with Crippen molar-refractivity contribution in [1.82, 2.24) is 4.90 Å². The number of likely N-dealkylation sites (tertiary alicyclic amines) is 1. The number of imide groups is 1. The van der Waals surface area contributed by atoms with Crippen molar-refractivity contribution in [2.45, 2.75) is 46.1 Å². The Bertz CT molecular complexity index is 269. The molecule has 0 saturated carbocycles. The number of nitrogens with two attached hydrogens (primary N) is 1. The molecular weight excluding hydrogens is 192 g/mol. The van der Waals surface area contributed by atoms with Gasteiger partial charge in [-0.25, -0.2) is 0 Å². The third-order valence-corrected chi connectivity index (χ3v) is 2.43. The van der Waals surface area contributed by atoms with Crippen LogP contribution in [0.3, 0.4) is 0 Å². The summed E-state index contributed by atoms with van der Waals surface area (Å²) in [4.78, 5) is 24.8. The fourth-order valence-electron chi connectivity index (χ4n) is 1.80. The summed E-state index contributed by atoms with van der Waals surface area (Å²) in [6.07, 6.45) is 0.851. The second-order valence-corrected chi connectivity index (χ2v) is 5.88. The predicted molar refractivity (Wildman–Crippen MR) is 58.0 cm³/mol. The van der Waals surface area contributed by atoms with Crippen LogP contribution in [0.2, 0.25) is 0 Å². The molecule has 1 rings (SSSR count). The van der Waals surface area contributed by atoms with E-state index in [0.29, 0.717) is 19.4 Å². The summed E-state index contributed by atoms with van der Waals surface area (Å²) in [5.41, 5.74) is 5.09. The van der Waals surface area contributed by atoms with Gasteiger partial charge in [0.1, 0.15) is 0 Å². The summed E-state index contributed by atoms with van der Waals surface area (Å²) >= 11 is 0. The second kappa shape index (κ2) is 3.59. The Morgan fingerprint density at radius 3 is 2.00 bits per heavy atom. The molecule has 0 aromatic heterocycles. The number of hydrogen-bond donors (Lipinski definition) is 1. The number of amides is 2. The Kier molecular flexibility index (Phi) is 2.92. The minimum absolute atomic E-state index is 0.102. The fourth-order valence-corrected chi connectivity index (χ4v) is 1.80. The molecule has 15 heavy (non-hydrogen) atoms. The number of carbonyl (C=O) groups excluding carboxylic acids is 2. The minimum Gasteiger partial charge on any atom is -0.324 e. The van der Waals surface area contributed by atoms with Gasteiger partial charge in [-0.2, -0.15) is 0 Å². The zero-order valence-corrected chi connectivity index (χ0v) is 9.96. The van der Waals surface area contributed by atoms with Crippen LogP contribution in [-0.4, -0.2) is 28.8 Å². The average molecular weight is 212 g/mol. The van der Waals surface area contributed by atoms with E-state index in [1.54, 1.807) is 0 Å². The van der Waals surface area contributed by atoms with Crippen LogP contribution in [0.4, 0.5) is 0 Å². The molecule has 1 aliphatic heterocycles. The molecule has 1 heterocycles. The Morgan fingerprint density at radius 2 is 1.67 bits per heavy atom. The van der Waals surface area contributed by atoms with Crippen molar-refractivity contribution in [3.8, 4) is 0 Å². The Morgan fingerprint density at radius 1 is 1.27 bits per heavy atom. The summed E-state index contributed by atoms with van der Waals surface area (Å²) in [5.74, 6) is -0.204. The molecule has 0 aromatic carbocycles. The summed E-state index contributed by atoms with van der Waals surface area (Å²) in [7, 11) is 0. The van der Waals surface area contributed by atoms with Gasteiger partial charge in [0.2, 0.25) is 11.8 Å². The standard InChI is InChI=1S/C11H20N2O2/c1-10(2)5-8(14)13(9(15)6-10)7-11(3,4)12/h5-7,12H2,1-4H3. The molecule has 0 spiro atoms. The highest BCUT2D eigenvalue weighted by Crippen LogP contribution is 2.31. The predicted octanol–water partition coefficient (Wildman–Crippen LogP) is 0.899. The van der Waals surface area contributed by atoms with Gasteiger partial charge < -0.3 is 5.73 Å². The van der Waals surface area contributed by atoms with Gasteiger partial charge in [0.05, 0.1) is 0 Å². The van der Waals surface area contributed by atoms with E-state index in [1.165, 1.54) is 4.90 Å². The van der Waals surface area contributed by atoms with Crippen LogP contribution in [0.25, 0.3) is 0 Å². The lowest BCUT2D eigenvalue weighted by Crippen LogP contribution is -2.54. The van der Waals surface area contributed by atoms with Crippen LogP contribution in [0, 0.1) is 5.41 Å². The highest BCUT2D eigenvalue weighted by atomic mass is 16.2. The first-order chi connectivity index (χ1) is 6.61. The molecule has 1 fully saturated rings. The third-order valence-electron chi connectivity index (χ3n) is 2.43. The maximum Gasteiger partial charge on any atom is 0.229 e. The highest BCUT2D eigenvalue weighted by Gasteiger charge is 2.38. The SMILES string of the molecule is CC(C)(N)CN1C(=O)CC(C)(C)CC1=O. The molecule has 2 amide bonds. The molecule has 1 saturated heterocycles. The van der Waals surface area contributed by atoms with Gasteiger partial charge in [-0.1, -0.05) is 13.8 Å². The van der Waals surface area contributed by atoms with Gasteiger partial charge in [0, 0.05) is 24.9 Å². The molecule has 0 unspecified atom stereocenters. The smallest absolute Gasteiger partial charge is 0.229 e. The van der Waals surface area contributed by atoms with E-state index in [1.807, 2.05) is 27.7 Å². The van der Waals surface area contributed by atoms with Gasteiger partial charge in [-0.05, 0) is 19.3 Å². The normalized spacial score (nSPS) is 22.1. The first kappa shape index (κ1) is 12.2. The van der Waals surface area contributed by atoms with Crippen LogP contribution in [0.5, 0.6) is 0 Å². The van der Waals surface area contributed by atoms with Gasteiger partial charge in [-0.15, -0.1) is 0 Å². The number of carbonyl (C=O) groups is 2. The van der Waals surface area contributed by atoms with Crippen LogP contribution in [0.15, 0.2) is 0 Å². The zero-order chi connectivity index (χ0) is 11.9. The molecule has 4 nitrogen and oxygen atoms in total. The van der Waals surface area contributed by atoms with Gasteiger partial charge in [0.25, 0.3) is 0 Å². The van der Waals surface area contributed by atoms with Crippen molar-refractivity contribution in [2.75, 3.05) is 6.54 Å². The molecule has 0 aromatic rings. The summed E-state index contributed by atoms with van der Waals surface area (Å²) in [6.45, 7) is 7.81. The first-order valence-corrected chi connectivity index (χ1v) is 5.23. The quantitative estimate of drug-likeness (QED) is 0.692. The summed E-state index contributed by atoms with van der Waals surface area (Å²) < 4.78 is 0. The van der Waals surface area contributed by atoms with Crippen LogP contribution in [0.1, 0.15) is 40.5 Å². The Hall–Kier alpha value is -0.900. The lowest BCUT2D eigenvalue weighted by Gasteiger charge is -2.37. The first-order valence-electron chi connectivity index (χ1n) is 5.23.